The molecule has 2 aromatic rings. The minimum atomic E-state index is -0.150. The molecule has 0 spiro atoms. The van der Waals surface area contributed by atoms with Crippen molar-refractivity contribution in [2.45, 2.75) is 54.0 Å². The molecule has 0 saturated heterocycles. The van der Waals surface area contributed by atoms with Crippen LogP contribution in [0.15, 0.2) is 59.3 Å². The number of ketones is 1. The number of carbonyl (C=O) groups is 1. The molecule has 198 valence electrons. The molecular weight excluding hydrogens is 450 g/mol. The van der Waals surface area contributed by atoms with Gasteiger partial charge in [0.2, 0.25) is 0 Å². The van der Waals surface area contributed by atoms with E-state index in [-0.39, 0.29) is 11.5 Å². The number of nitrogens with one attached hydrogen (secondary N) is 2. The fourth-order valence-electron chi connectivity index (χ4n) is 2.83. The molecular formula is C30H45N3O3. The summed E-state index contributed by atoms with van der Waals surface area (Å²) in [7, 11) is 6.00. The summed E-state index contributed by atoms with van der Waals surface area (Å²) in [4.78, 5) is 13.8. The quantitative estimate of drug-likeness (QED) is 0.155. The average molecular weight is 496 g/mol. The Balaban J connectivity index is 0. The number of rotatable bonds is 9. The Kier molecular flexibility index (Phi) is 17.8. The molecule has 1 heterocycles. The van der Waals surface area contributed by atoms with Gasteiger partial charge >= 0.3 is 0 Å². The number of carbonyl (C=O) groups excluding carboxylic acids is 1. The van der Waals surface area contributed by atoms with Crippen molar-refractivity contribution in [3.63, 3.8) is 0 Å². The van der Waals surface area contributed by atoms with E-state index >= 15 is 0 Å². The Bertz CT molecular complexity index is 1010. The summed E-state index contributed by atoms with van der Waals surface area (Å²) in [6, 6.07) is 7.32. The molecule has 36 heavy (non-hydrogen) atoms. The highest BCUT2D eigenvalue weighted by atomic mass is 16.3. The number of anilines is 1. The van der Waals surface area contributed by atoms with Crippen LogP contribution in [0.25, 0.3) is 6.08 Å². The highest BCUT2D eigenvalue weighted by Gasteiger charge is 2.13. The normalized spacial score (nSPS) is 10.1. The van der Waals surface area contributed by atoms with Gasteiger partial charge in [0.15, 0.2) is 5.78 Å². The highest BCUT2D eigenvalue weighted by molar-refractivity contribution is 5.96. The van der Waals surface area contributed by atoms with E-state index in [1.807, 2.05) is 52.9 Å². The standard InChI is InChI=1S/C23H28N2O3.C3H9N.C2H6.C2H2/c1-7-18-9-8-10-21(23(18)27)25-13-22(15(4)16(5)26)24-12-19-11-20(14(2)3)17(6)28-19;1-4(2)3;2*1-2/h7-11,13-14,24-25,27H,1,4,12H2,2-3,5-6H3;1-3H3;1-2H3;1-2H. The lowest BCUT2D eigenvalue weighted by Crippen LogP contribution is -2.18. The second-order valence-corrected chi connectivity index (χ2v) is 8.26. The first-order chi connectivity index (χ1) is 17.0. The van der Waals surface area contributed by atoms with Crippen molar-refractivity contribution in [2.24, 2.45) is 0 Å². The van der Waals surface area contributed by atoms with Crippen molar-refractivity contribution in [1.29, 1.82) is 0 Å². The fourth-order valence-corrected chi connectivity index (χ4v) is 2.83. The molecule has 0 unspecified atom stereocenters. The van der Waals surface area contributed by atoms with Gasteiger partial charge in [0.1, 0.15) is 17.3 Å². The van der Waals surface area contributed by atoms with E-state index in [0.717, 1.165) is 17.1 Å². The lowest BCUT2D eigenvalue weighted by Gasteiger charge is -2.13. The summed E-state index contributed by atoms with van der Waals surface area (Å²) in [5.41, 5.74) is 3.14. The third kappa shape index (κ3) is 12.1. The van der Waals surface area contributed by atoms with E-state index in [4.69, 9.17) is 4.42 Å². The zero-order valence-corrected chi connectivity index (χ0v) is 23.5. The van der Waals surface area contributed by atoms with Crippen molar-refractivity contribution in [1.82, 2.24) is 10.2 Å². The Morgan fingerprint density at radius 2 is 1.78 bits per heavy atom. The van der Waals surface area contributed by atoms with E-state index in [2.05, 4.69) is 50.5 Å². The van der Waals surface area contributed by atoms with Crippen LogP contribution >= 0.6 is 0 Å². The van der Waals surface area contributed by atoms with E-state index in [0.29, 0.717) is 35.0 Å². The van der Waals surface area contributed by atoms with Gasteiger partial charge in [-0.15, -0.1) is 12.8 Å². The third-order valence-corrected chi connectivity index (χ3v) is 4.49. The maximum atomic E-state index is 11.8. The molecule has 0 aliphatic carbocycles. The van der Waals surface area contributed by atoms with Gasteiger partial charge in [0.25, 0.3) is 0 Å². The van der Waals surface area contributed by atoms with Gasteiger partial charge in [-0.3, -0.25) is 4.79 Å². The van der Waals surface area contributed by atoms with Crippen molar-refractivity contribution < 1.29 is 14.3 Å². The second kappa shape index (κ2) is 18.6. The average Bonchev–Trinajstić information content (AvgIpc) is 3.22. The number of phenols is 1. The van der Waals surface area contributed by atoms with E-state index in [1.54, 1.807) is 30.5 Å². The summed E-state index contributed by atoms with van der Waals surface area (Å²) in [5.74, 6) is 1.99. The number of aryl methyl sites for hydroxylation is 1. The van der Waals surface area contributed by atoms with Crippen LogP contribution in [0.5, 0.6) is 5.75 Å². The molecule has 6 nitrogen and oxygen atoms in total. The van der Waals surface area contributed by atoms with E-state index in [1.165, 1.54) is 6.92 Å². The number of para-hydroxylation sites is 1. The summed E-state index contributed by atoms with van der Waals surface area (Å²) in [6.07, 6.45) is 11.2. The maximum absolute atomic E-state index is 11.8. The molecule has 1 aromatic heterocycles. The number of terminal acetylenes is 1. The number of hydrogen-bond acceptors (Lipinski definition) is 6. The number of hydrogen-bond donors (Lipinski definition) is 3. The minimum Gasteiger partial charge on any atom is -0.505 e. The van der Waals surface area contributed by atoms with Crippen LogP contribution in [0.4, 0.5) is 5.69 Å². The Hall–Kier alpha value is -3.69. The summed E-state index contributed by atoms with van der Waals surface area (Å²) in [6.45, 7) is 19.6. The van der Waals surface area contributed by atoms with E-state index < -0.39 is 0 Å². The molecule has 0 aliphatic rings. The van der Waals surface area contributed by atoms with Crippen LogP contribution in [0.1, 0.15) is 63.2 Å². The van der Waals surface area contributed by atoms with Crippen LogP contribution in [0.2, 0.25) is 0 Å². The van der Waals surface area contributed by atoms with Crippen LogP contribution in [-0.4, -0.2) is 36.9 Å². The molecule has 1 aromatic carbocycles. The van der Waals surface area contributed by atoms with Crippen LogP contribution in [-0.2, 0) is 11.3 Å². The zero-order valence-electron chi connectivity index (χ0n) is 23.5. The maximum Gasteiger partial charge on any atom is 0.161 e. The third-order valence-electron chi connectivity index (χ3n) is 4.49. The van der Waals surface area contributed by atoms with Crippen molar-refractivity contribution in [3.05, 3.63) is 77.5 Å². The lowest BCUT2D eigenvalue weighted by atomic mass is 10.0. The Labute approximate surface area is 218 Å². The molecule has 0 saturated carbocycles. The number of Topliss-reactive ketones (excluding diaryl/α,β-unsaturated/α-hetero) is 1. The SMILES string of the molecule is C#C.C=Cc1cccc(NC=C(NCc2cc(C(C)C)c(C)o2)C(=C)C(C)=O)c1O.CC.CN(C)C. The summed E-state index contributed by atoms with van der Waals surface area (Å²) in [5, 5.41) is 16.5. The fraction of sp³-hybridized carbons (Fsp3) is 0.367. The smallest absolute Gasteiger partial charge is 0.161 e. The molecule has 6 heteroatoms. The van der Waals surface area contributed by atoms with Gasteiger partial charge in [-0.1, -0.05) is 59.1 Å². The zero-order chi connectivity index (χ0) is 28.4. The molecule has 0 radical (unpaired) electrons. The second-order valence-electron chi connectivity index (χ2n) is 8.26. The largest absolute Gasteiger partial charge is 0.505 e. The number of nitrogens with zero attached hydrogens (tertiary/aromatic N) is 1. The first kappa shape index (κ1) is 34.5. The monoisotopic (exact) mass is 495 g/mol. The molecule has 3 N–H and O–H groups in total. The Morgan fingerprint density at radius 1 is 1.22 bits per heavy atom. The van der Waals surface area contributed by atoms with Gasteiger partial charge in [-0.05, 0) is 58.6 Å². The van der Waals surface area contributed by atoms with Crippen LogP contribution in [0.3, 0.4) is 0 Å². The van der Waals surface area contributed by atoms with Crippen LogP contribution in [0, 0.1) is 19.8 Å². The number of phenolic OH excluding ortho intramolecular Hbond substituents is 1. The minimum absolute atomic E-state index is 0.0878. The van der Waals surface area contributed by atoms with E-state index in [9.17, 15) is 9.90 Å². The summed E-state index contributed by atoms with van der Waals surface area (Å²) < 4.78 is 5.80. The van der Waals surface area contributed by atoms with Gasteiger partial charge in [0, 0.05) is 17.3 Å². The van der Waals surface area contributed by atoms with Crippen molar-refractivity contribution in [3.8, 4) is 18.6 Å². The predicted molar refractivity (Wildman–Crippen MR) is 155 cm³/mol. The van der Waals surface area contributed by atoms with Gasteiger partial charge in [0.05, 0.1) is 17.9 Å². The molecule has 0 atom stereocenters. The first-order valence-corrected chi connectivity index (χ1v) is 11.9. The number of allylic oxidation sites excluding steroid dienone is 1. The number of aromatic hydroxyl groups is 1. The number of furan rings is 1. The molecule has 0 fully saturated rings. The van der Waals surface area contributed by atoms with Gasteiger partial charge in [-0.2, -0.15) is 0 Å². The molecule has 0 bridgehead atoms. The van der Waals surface area contributed by atoms with Crippen LogP contribution < -0.4 is 10.6 Å². The van der Waals surface area contributed by atoms with Gasteiger partial charge < -0.3 is 25.1 Å². The Morgan fingerprint density at radius 3 is 2.22 bits per heavy atom. The first-order valence-electron chi connectivity index (χ1n) is 11.9. The molecule has 0 aliphatic heterocycles. The number of benzene rings is 1. The lowest BCUT2D eigenvalue weighted by molar-refractivity contribution is -0.113. The van der Waals surface area contributed by atoms with Crippen molar-refractivity contribution in [2.75, 3.05) is 26.5 Å². The van der Waals surface area contributed by atoms with Crippen molar-refractivity contribution >= 4 is 17.5 Å². The summed E-state index contributed by atoms with van der Waals surface area (Å²) >= 11 is 0. The highest BCUT2D eigenvalue weighted by Crippen LogP contribution is 2.28. The topological polar surface area (TPSA) is 77.7 Å². The molecule has 2 rings (SSSR count). The van der Waals surface area contributed by atoms with Gasteiger partial charge in [-0.25, -0.2) is 0 Å². The predicted octanol–water partition coefficient (Wildman–Crippen LogP) is 6.70. The molecule has 0 amide bonds.